The van der Waals surface area contributed by atoms with Gasteiger partial charge < -0.3 is 11.1 Å². The van der Waals surface area contributed by atoms with Gasteiger partial charge in [-0.1, -0.05) is 6.07 Å². The molecule has 2 rings (SSSR count). The summed E-state index contributed by atoms with van der Waals surface area (Å²) in [6.07, 6.45) is 0. The maximum Gasteiger partial charge on any atom is 0.255 e. The molecule has 0 aliphatic heterocycles. The second-order valence-corrected chi connectivity index (χ2v) is 4.56. The van der Waals surface area contributed by atoms with Gasteiger partial charge in [0, 0.05) is 5.56 Å². The van der Waals surface area contributed by atoms with Crippen LogP contribution in [0.3, 0.4) is 0 Å². The molecule has 19 heavy (non-hydrogen) atoms. The number of carbonyl (C=O) groups excluding carboxylic acids is 1. The van der Waals surface area contributed by atoms with E-state index in [1.165, 1.54) is 12.1 Å². The predicted molar refractivity (Wildman–Crippen MR) is 74.7 cm³/mol. The van der Waals surface area contributed by atoms with Crippen LogP contribution in [0.2, 0.25) is 0 Å². The predicted octanol–water partition coefficient (Wildman–Crippen LogP) is 3.28. The number of nitrogens with one attached hydrogen (secondary N) is 1. The minimum absolute atomic E-state index is 0.276. The molecule has 0 heterocycles. The van der Waals surface area contributed by atoms with E-state index in [1.54, 1.807) is 25.1 Å². The van der Waals surface area contributed by atoms with Crippen molar-refractivity contribution in [3.05, 3.63) is 58.9 Å². The van der Waals surface area contributed by atoms with Crippen molar-refractivity contribution < 1.29 is 9.18 Å². The number of rotatable bonds is 2. The summed E-state index contributed by atoms with van der Waals surface area (Å²) in [5.74, 6) is -0.803. The number of anilines is 2. The van der Waals surface area contributed by atoms with E-state index >= 15 is 0 Å². The highest BCUT2D eigenvalue weighted by molar-refractivity contribution is 6.05. The molecule has 98 valence electrons. The Morgan fingerprint density at radius 1 is 1.11 bits per heavy atom. The Labute approximate surface area is 111 Å². The topological polar surface area (TPSA) is 55.1 Å². The Morgan fingerprint density at radius 3 is 2.53 bits per heavy atom. The molecule has 0 fully saturated rings. The van der Waals surface area contributed by atoms with Gasteiger partial charge in [-0.2, -0.15) is 0 Å². The van der Waals surface area contributed by atoms with Gasteiger partial charge in [0.1, 0.15) is 5.82 Å². The summed E-state index contributed by atoms with van der Waals surface area (Å²) >= 11 is 0. The van der Waals surface area contributed by atoms with Crippen molar-refractivity contribution in [2.75, 3.05) is 11.1 Å². The van der Waals surface area contributed by atoms with Crippen molar-refractivity contribution in [2.24, 2.45) is 0 Å². The van der Waals surface area contributed by atoms with Gasteiger partial charge >= 0.3 is 0 Å². The smallest absolute Gasteiger partial charge is 0.255 e. The van der Waals surface area contributed by atoms with Crippen molar-refractivity contribution >= 4 is 17.3 Å². The molecule has 0 aromatic heterocycles. The highest BCUT2D eigenvalue weighted by Crippen LogP contribution is 2.20. The molecule has 0 aliphatic carbocycles. The maximum absolute atomic E-state index is 13.3. The highest BCUT2D eigenvalue weighted by Gasteiger charge is 2.10. The molecular formula is C15H15FN2O. The van der Waals surface area contributed by atoms with Crippen molar-refractivity contribution in [1.82, 2.24) is 0 Å². The van der Waals surface area contributed by atoms with Crippen molar-refractivity contribution in [3.8, 4) is 0 Å². The van der Waals surface area contributed by atoms with Crippen molar-refractivity contribution in [2.45, 2.75) is 13.8 Å². The van der Waals surface area contributed by atoms with Gasteiger partial charge in [-0.25, -0.2) is 4.39 Å². The zero-order valence-electron chi connectivity index (χ0n) is 10.8. The largest absolute Gasteiger partial charge is 0.397 e. The summed E-state index contributed by atoms with van der Waals surface area (Å²) in [4.78, 5) is 12.0. The van der Waals surface area contributed by atoms with E-state index in [0.717, 1.165) is 5.56 Å². The first kappa shape index (κ1) is 13.1. The van der Waals surface area contributed by atoms with E-state index in [2.05, 4.69) is 5.32 Å². The molecule has 3 N–H and O–H groups in total. The number of halogens is 1. The van der Waals surface area contributed by atoms with Crippen LogP contribution in [0.5, 0.6) is 0 Å². The van der Waals surface area contributed by atoms with E-state index in [1.807, 2.05) is 13.0 Å². The van der Waals surface area contributed by atoms with Crippen molar-refractivity contribution in [3.63, 3.8) is 0 Å². The van der Waals surface area contributed by atoms with Crippen LogP contribution in [0.15, 0.2) is 36.4 Å². The van der Waals surface area contributed by atoms with Gasteiger partial charge in [-0.05, 0) is 55.3 Å². The van der Waals surface area contributed by atoms with Gasteiger partial charge in [0.2, 0.25) is 0 Å². The number of aryl methyl sites for hydroxylation is 2. The molecule has 2 aromatic rings. The molecule has 0 radical (unpaired) electrons. The van der Waals surface area contributed by atoms with Gasteiger partial charge in [0.25, 0.3) is 5.91 Å². The molecule has 4 heteroatoms. The minimum Gasteiger partial charge on any atom is -0.397 e. The summed E-state index contributed by atoms with van der Waals surface area (Å²) in [6, 6.07) is 9.56. The average molecular weight is 258 g/mol. The number of amides is 1. The third-order valence-electron chi connectivity index (χ3n) is 2.76. The fraction of sp³-hybridized carbons (Fsp3) is 0.133. The summed E-state index contributed by atoms with van der Waals surface area (Å²) in [5, 5.41) is 2.69. The van der Waals surface area contributed by atoms with Crippen LogP contribution in [0.1, 0.15) is 21.5 Å². The Kier molecular flexibility index (Phi) is 3.51. The molecule has 0 unspecified atom stereocenters. The number of nitrogens with two attached hydrogens (primary N) is 1. The molecule has 0 saturated heterocycles. The summed E-state index contributed by atoms with van der Waals surface area (Å²) in [6.45, 7) is 3.64. The van der Waals surface area contributed by atoms with Crippen LogP contribution in [-0.4, -0.2) is 5.91 Å². The number of carbonyl (C=O) groups is 1. The zero-order valence-corrected chi connectivity index (χ0v) is 10.8. The number of hydrogen-bond donors (Lipinski definition) is 2. The Bertz CT molecular complexity index is 618. The fourth-order valence-electron chi connectivity index (χ4n) is 1.84. The number of nitrogen functional groups attached to an aromatic ring is 1. The lowest BCUT2D eigenvalue weighted by molar-refractivity contribution is 0.102. The quantitative estimate of drug-likeness (QED) is 0.812. The van der Waals surface area contributed by atoms with Gasteiger partial charge in [-0.15, -0.1) is 0 Å². The van der Waals surface area contributed by atoms with Crippen LogP contribution >= 0.6 is 0 Å². The average Bonchev–Trinajstić information content (AvgIpc) is 2.32. The second kappa shape index (κ2) is 5.10. The summed E-state index contributed by atoms with van der Waals surface area (Å²) < 4.78 is 13.3. The normalized spacial score (nSPS) is 10.3. The molecule has 1 amide bonds. The lowest BCUT2D eigenvalue weighted by Gasteiger charge is -2.09. The Morgan fingerprint density at radius 2 is 1.84 bits per heavy atom. The number of benzene rings is 2. The van der Waals surface area contributed by atoms with Crippen molar-refractivity contribution in [1.29, 1.82) is 0 Å². The first-order chi connectivity index (χ1) is 8.95. The van der Waals surface area contributed by atoms with Gasteiger partial charge in [0.15, 0.2) is 0 Å². The SMILES string of the molecule is Cc1cc(F)cc(C(=O)Nc2cc(C)ccc2N)c1. The Hall–Kier alpha value is -2.36. The second-order valence-electron chi connectivity index (χ2n) is 4.56. The lowest BCUT2D eigenvalue weighted by Crippen LogP contribution is -2.13. The first-order valence-corrected chi connectivity index (χ1v) is 5.90. The van der Waals surface area contributed by atoms with E-state index in [4.69, 9.17) is 5.73 Å². The molecule has 0 bridgehead atoms. The number of hydrogen-bond acceptors (Lipinski definition) is 2. The molecule has 0 atom stereocenters. The summed E-state index contributed by atoms with van der Waals surface area (Å²) in [7, 11) is 0. The maximum atomic E-state index is 13.3. The molecule has 0 spiro atoms. The van der Waals surface area contributed by atoms with Crippen LogP contribution in [0.25, 0.3) is 0 Å². The van der Waals surface area contributed by atoms with Crippen LogP contribution < -0.4 is 11.1 Å². The molecule has 0 aliphatic rings. The van der Waals surface area contributed by atoms with Gasteiger partial charge in [-0.3, -0.25) is 4.79 Å². The van der Waals surface area contributed by atoms with Crippen LogP contribution in [-0.2, 0) is 0 Å². The molecule has 3 nitrogen and oxygen atoms in total. The van der Waals surface area contributed by atoms with E-state index in [-0.39, 0.29) is 11.5 Å². The highest BCUT2D eigenvalue weighted by atomic mass is 19.1. The summed E-state index contributed by atoms with van der Waals surface area (Å²) in [5.41, 5.74) is 8.76. The van der Waals surface area contributed by atoms with Crippen LogP contribution in [0.4, 0.5) is 15.8 Å². The van der Waals surface area contributed by atoms with E-state index in [0.29, 0.717) is 16.9 Å². The van der Waals surface area contributed by atoms with E-state index < -0.39 is 5.82 Å². The Balaban J connectivity index is 2.28. The van der Waals surface area contributed by atoms with Gasteiger partial charge in [0.05, 0.1) is 11.4 Å². The zero-order chi connectivity index (χ0) is 14.0. The molecule has 2 aromatic carbocycles. The first-order valence-electron chi connectivity index (χ1n) is 5.90. The fourth-order valence-corrected chi connectivity index (χ4v) is 1.84. The van der Waals surface area contributed by atoms with E-state index in [9.17, 15) is 9.18 Å². The van der Waals surface area contributed by atoms with Crippen LogP contribution in [0, 0.1) is 19.7 Å². The third-order valence-corrected chi connectivity index (χ3v) is 2.76. The molecule has 0 saturated carbocycles. The molecular weight excluding hydrogens is 243 g/mol. The standard InChI is InChI=1S/C15H15FN2O/c1-9-3-4-13(17)14(7-9)18-15(19)11-5-10(2)6-12(16)8-11/h3-8H,17H2,1-2H3,(H,18,19). The third kappa shape index (κ3) is 3.10. The lowest BCUT2D eigenvalue weighted by atomic mass is 10.1. The monoisotopic (exact) mass is 258 g/mol. The minimum atomic E-state index is -0.428.